The Bertz CT molecular complexity index is 746. The number of aliphatic hydroxyl groups excluding tert-OH is 1. The van der Waals surface area contributed by atoms with Crippen LogP contribution >= 0.6 is 0 Å². The molecule has 2 aliphatic rings. The van der Waals surface area contributed by atoms with Gasteiger partial charge in [-0.25, -0.2) is 0 Å². The van der Waals surface area contributed by atoms with Gasteiger partial charge in [0.1, 0.15) is 6.10 Å². The van der Waals surface area contributed by atoms with Gasteiger partial charge in [0.2, 0.25) is 0 Å². The predicted molar refractivity (Wildman–Crippen MR) is 94.7 cm³/mol. The Balaban J connectivity index is 1.77. The lowest BCUT2D eigenvalue weighted by Crippen LogP contribution is -2.74. The number of benzene rings is 2. The predicted octanol–water partition coefficient (Wildman–Crippen LogP) is 1.94. The monoisotopic (exact) mass is 325 g/mol. The molecule has 1 spiro atoms. The first-order valence-electron chi connectivity index (χ1n) is 8.64. The second kappa shape index (κ2) is 5.71. The van der Waals surface area contributed by atoms with Gasteiger partial charge in [-0.1, -0.05) is 54.0 Å². The third-order valence-corrected chi connectivity index (χ3v) is 5.60. The molecule has 126 valence electrons. The third-order valence-electron chi connectivity index (χ3n) is 5.60. The van der Waals surface area contributed by atoms with Crippen LogP contribution in [0.3, 0.4) is 0 Å². The topological polar surface area (TPSA) is 38.7 Å². The molecule has 0 aromatic heterocycles. The van der Waals surface area contributed by atoms with Crippen LogP contribution in [0.4, 0.5) is 0 Å². The summed E-state index contributed by atoms with van der Waals surface area (Å²) in [6, 6.07) is 15.9. The molecule has 0 radical (unpaired) electrons. The molecule has 2 atom stereocenters. The average molecular weight is 325 g/mol. The maximum Gasteiger partial charge on any atom is 0.502 e. The lowest BCUT2D eigenvalue weighted by molar-refractivity contribution is -0.812. The Labute approximate surface area is 143 Å². The molecule has 0 aliphatic carbocycles. The molecule has 4 rings (SSSR count). The fourth-order valence-corrected chi connectivity index (χ4v) is 4.18. The summed E-state index contributed by atoms with van der Waals surface area (Å²) < 4.78 is 13.2. The van der Waals surface area contributed by atoms with E-state index in [9.17, 15) is 5.11 Å². The molecule has 2 aromatic rings. The molecule has 1 fully saturated rings. The first-order chi connectivity index (χ1) is 11.5. The van der Waals surface area contributed by atoms with Crippen molar-refractivity contribution in [3.8, 4) is 0 Å². The van der Waals surface area contributed by atoms with Gasteiger partial charge in [0.25, 0.3) is 0 Å². The van der Waals surface area contributed by atoms with Crippen molar-refractivity contribution < 1.29 is 18.8 Å². The first kappa shape index (κ1) is 15.8. The van der Waals surface area contributed by atoms with Gasteiger partial charge in [0, 0.05) is 40.3 Å². The quantitative estimate of drug-likeness (QED) is 0.858. The molecule has 1 N–H and O–H groups in total. The van der Waals surface area contributed by atoms with E-state index < -0.39 is 12.8 Å². The standard InChI is InChI=1S/C19H24BNO3/c1-21(2)11-6-12-23-20(21)18-13-16(9-10-17(18)14-24-20)19(22)15-7-4-3-5-8-15/h3-5,7-10,13,19,22H,6,11-12,14H2,1-2H3. The van der Waals surface area contributed by atoms with E-state index in [1.807, 2.05) is 36.4 Å². The zero-order chi connectivity index (χ0) is 16.8. The minimum absolute atomic E-state index is 0.582. The number of hydrogen-bond donors (Lipinski definition) is 1. The van der Waals surface area contributed by atoms with Gasteiger partial charge in [-0.2, -0.15) is 0 Å². The number of hydrogen-bond acceptors (Lipinski definition) is 3. The number of nitrogens with zero attached hydrogens (tertiary/aromatic N) is 1. The van der Waals surface area contributed by atoms with Gasteiger partial charge in [-0.05, 0) is 16.7 Å². The Hall–Kier alpha value is -1.66. The van der Waals surface area contributed by atoms with Crippen molar-refractivity contribution in [2.75, 3.05) is 27.2 Å². The van der Waals surface area contributed by atoms with E-state index in [-0.39, 0.29) is 0 Å². The van der Waals surface area contributed by atoms with Crippen LogP contribution in [-0.2, 0) is 15.9 Å². The highest BCUT2D eigenvalue weighted by atomic mass is 16.6. The van der Waals surface area contributed by atoms with E-state index in [0.29, 0.717) is 11.0 Å². The van der Waals surface area contributed by atoms with E-state index in [2.05, 4.69) is 26.2 Å². The smallest absolute Gasteiger partial charge is 0.502 e. The molecule has 2 aliphatic heterocycles. The van der Waals surface area contributed by atoms with E-state index in [1.54, 1.807) is 0 Å². The minimum atomic E-state index is -1.55. The highest BCUT2D eigenvalue weighted by Crippen LogP contribution is 2.32. The van der Waals surface area contributed by atoms with E-state index in [4.69, 9.17) is 9.31 Å². The fraction of sp³-hybridized carbons (Fsp3) is 0.368. The van der Waals surface area contributed by atoms with Crippen LogP contribution in [0.2, 0.25) is 0 Å². The van der Waals surface area contributed by atoms with Gasteiger partial charge >= 0.3 is 6.69 Å². The van der Waals surface area contributed by atoms with Crippen molar-refractivity contribution in [2.24, 2.45) is 0 Å². The Morgan fingerprint density at radius 1 is 1.04 bits per heavy atom. The molecule has 2 heterocycles. The van der Waals surface area contributed by atoms with E-state index >= 15 is 0 Å². The van der Waals surface area contributed by atoms with Crippen LogP contribution in [0.5, 0.6) is 0 Å². The first-order valence-corrected chi connectivity index (χ1v) is 8.64. The molecular formula is C19H24BNO3. The van der Waals surface area contributed by atoms with Crippen LogP contribution in [0.25, 0.3) is 0 Å². The maximum absolute atomic E-state index is 10.8. The largest absolute Gasteiger partial charge is 0.509 e. The molecule has 24 heavy (non-hydrogen) atoms. The fourth-order valence-electron chi connectivity index (χ4n) is 4.18. The summed E-state index contributed by atoms with van der Waals surface area (Å²) in [6.07, 6.45) is 0.408. The number of aliphatic hydroxyl groups is 1. The summed E-state index contributed by atoms with van der Waals surface area (Å²) in [6.45, 7) is 0.797. The van der Waals surface area contributed by atoms with Gasteiger partial charge in [-0.3, -0.25) is 0 Å². The Kier molecular flexibility index (Phi) is 3.77. The Morgan fingerprint density at radius 2 is 1.83 bits per heavy atom. The van der Waals surface area contributed by atoms with Crippen LogP contribution < -0.4 is 5.46 Å². The molecule has 0 saturated carbocycles. The molecule has 0 amide bonds. The summed E-state index contributed by atoms with van der Waals surface area (Å²) in [5.74, 6) is 0. The molecular weight excluding hydrogens is 301 g/mol. The van der Waals surface area contributed by atoms with Crippen LogP contribution in [0, 0.1) is 0 Å². The van der Waals surface area contributed by atoms with E-state index in [1.165, 1.54) is 5.56 Å². The minimum Gasteiger partial charge on any atom is -0.509 e. The van der Waals surface area contributed by atoms with Crippen molar-refractivity contribution in [3.63, 3.8) is 0 Å². The highest BCUT2D eigenvalue weighted by Gasteiger charge is 2.53. The summed E-state index contributed by atoms with van der Waals surface area (Å²) >= 11 is 0. The Morgan fingerprint density at radius 3 is 2.58 bits per heavy atom. The van der Waals surface area contributed by atoms with Crippen molar-refractivity contribution >= 4 is 12.1 Å². The van der Waals surface area contributed by atoms with Gasteiger partial charge in [0.05, 0.1) is 0 Å². The summed E-state index contributed by atoms with van der Waals surface area (Å²) in [5, 5.41) is 10.8. The highest BCUT2D eigenvalue weighted by molar-refractivity contribution is 6.76. The van der Waals surface area contributed by atoms with Crippen molar-refractivity contribution in [2.45, 2.75) is 19.1 Å². The second-order valence-corrected chi connectivity index (χ2v) is 7.48. The second-order valence-electron chi connectivity index (χ2n) is 7.48. The molecule has 1 saturated heterocycles. The van der Waals surface area contributed by atoms with Gasteiger partial charge in [0.15, 0.2) is 0 Å². The summed E-state index contributed by atoms with van der Waals surface area (Å²) in [4.78, 5) is 0. The molecule has 2 unspecified atom stereocenters. The van der Waals surface area contributed by atoms with Gasteiger partial charge < -0.3 is 18.8 Å². The molecule has 4 nitrogen and oxygen atoms in total. The van der Waals surface area contributed by atoms with Crippen LogP contribution in [0.1, 0.15) is 29.2 Å². The number of fused-ring (bicyclic) bond motifs is 2. The summed E-state index contributed by atoms with van der Waals surface area (Å²) in [5.41, 5.74) is 4.08. The van der Waals surface area contributed by atoms with E-state index in [0.717, 1.165) is 36.2 Å². The average Bonchev–Trinajstić information content (AvgIpc) is 2.97. The lowest BCUT2D eigenvalue weighted by Gasteiger charge is -2.55. The number of quaternary nitrogens is 1. The summed E-state index contributed by atoms with van der Waals surface area (Å²) in [7, 11) is 4.35. The van der Waals surface area contributed by atoms with Gasteiger partial charge in [-0.15, -0.1) is 0 Å². The van der Waals surface area contributed by atoms with Crippen molar-refractivity contribution in [1.82, 2.24) is 0 Å². The molecule has 0 bridgehead atoms. The molecule has 2 aromatic carbocycles. The zero-order valence-electron chi connectivity index (χ0n) is 14.3. The number of rotatable bonds is 2. The van der Waals surface area contributed by atoms with Crippen LogP contribution in [0.15, 0.2) is 48.5 Å². The van der Waals surface area contributed by atoms with Crippen LogP contribution in [-0.4, -0.2) is 43.4 Å². The lowest BCUT2D eigenvalue weighted by atomic mass is 9.58. The third kappa shape index (κ3) is 2.32. The zero-order valence-corrected chi connectivity index (χ0v) is 14.3. The van der Waals surface area contributed by atoms with Crippen molar-refractivity contribution in [3.05, 3.63) is 65.2 Å². The maximum atomic E-state index is 10.8. The molecule has 5 heteroatoms. The normalized spacial score (nSPS) is 26.3. The van der Waals surface area contributed by atoms with Crippen molar-refractivity contribution in [1.29, 1.82) is 0 Å². The SMILES string of the molecule is C[N+]1(C)CCCO[B-]12OCc1ccc(C(O)c3ccccc3)cc12.